The third kappa shape index (κ3) is 3.06. The number of nitrogens with zero attached hydrogens (tertiary/aromatic N) is 1. The lowest BCUT2D eigenvalue weighted by molar-refractivity contribution is 0.125. The maximum Gasteiger partial charge on any atom is 0.0701 e. The van der Waals surface area contributed by atoms with Crippen LogP contribution in [0.4, 0.5) is 0 Å². The van der Waals surface area contributed by atoms with Gasteiger partial charge in [0.15, 0.2) is 0 Å². The van der Waals surface area contributed by atoms with Gasteiger partial charge >= 0.3 is 0 Å². The summed E-state index contributed by atoms with van der Waals surface area (Å²) < 4.78 is 1.23. The highest BCUT2D eigenvalue weighted by molar-refractivity contribution is 9.11. The fraction of sp³-hybridized carbons (Fsp3) is 0.667. The Morgan fingerprint density at radius 1 is 1.56 bits per heavy atom. The largest absolute Gasteiger partial charge is 0.311 e. The van der Waals surface area contributed by atoms with E-state index in [1.165, 1.54) is 15.1 Å². The lowest BCUT2D eigenvalue weighted by Gasteiger charge is -2.38. The van der Waals surface area contributed by atoms with Gasteiger partial charge in [-0.05, 0) is 41.4 Å². The summed E-state index contributed by atoms with van der Waals surface area (Å²) in [5.74, 6) is 0. The van der Waals surface area contributed by atoms with Crippen molar-refractivity contribution in [2.75, 3.05) is 13.1 Å². The average molecular weight is 303 g/mol. The second kappa shape index (κ2) is 5.63. The Balaban J connectivity index is 2.00. The molecule has 2 nitrogen and oxygen atoms in total. The molecule has 4 heteroatoms. The molecule has 0 radical (unpaired) electrons. The molecule has 1 aromatic rings. The molecule has 2 atom stereocenters. The van der Waals surface area contributed by atoms with Gasteiger partial charge in [0.1, 0.15) is 0 Å². The van der Waals surface area contributed by atoms with Gasteiger partial charge in [-0.25, -0.2) is 0 Å². The third-order valence-corrected chi connectivity index (χ3v) is 4.79. The smallest absolute Gasteiger partial charge is 0.0701 e. The topological polar surface area (TPSA) is 15.3 Å². The minimum absolute atomic E-state index is 0.617. The molecule has 0 saturated carbocycles. The standard InChI is InChI=1S/C12H19BrN2S/c1-3-10-6-14-9(2)7-15(10)8-11-4-5-12(13)16-11/h4-5,9-10,14H,3,6-8H2,1-2H3. The molecule has 1 aliphatic rings. The van der Waals surface area contributed by atoms with Crippen LogP contribution in [0.15, 0.2) is 15.9 Å². The van der Waals surface area contributed by atoms with Crippen LogP contribution in [0.2, 0.25) is 0 Å². The molecule has 90 valence electrons. The Morgan fingerprint density at radius 2 is 2.38 bits per heavy atom. The molecule has 1 fully saturated rings. The van der Waals surface area contributed by atoms with Crippen molar-refractivity contribution in [3.8, 4) is 0 Å². The highest BCUT2D eigenvalue weighted by Gasteiger charge is 2.24. The molecule has 0 bridgehead atoms. The minimum atomic E-state index is 0.617. The Bertz CT molecular complexity index is 340. The van der Waals surface area contributed by atoms with Crippen molar-refractivity contribution in [3.05, 3.63) is 20.8 Å². The van der Waals surface area contributed by atoms with Crippen molar-refractivity contribution >= 4 is 27.3 Å². The maximum atomic E-state index is 3.56. The van der Waals surface area contributed by atoms with E-state index in [2.05, 4.69) is 52.1 Å². The summed E-state index contributed by atoms with van der Waals surface area (Å²) >= 11 is 5.38. The van der Waals surface area contributed by atoms with E-state index in [0.717, 1.165) is 19.6 Å². The van der Waals surface area contributed by atoms with E-state index < -0.39 is 0 Å². The number of halogens is 1. The second-order valence-corrected chi connectivity index (χ2v) is 7.05. The number of thiophene rings is 1. The first-order chi connectivity index (χ1) is 7.69. The lowest BCUT2D eigenvalue weighted by atomic mass is 10.1. The molecule has 0 aromatic carbocycles. The fourth-order valence-corrected chi connectivity index (χ4v) is 3.77. The molecule has 2 rings (SSSR count). The minimum Gasteiger partial charge on any atom is -0.311 e. The predicted octanol–water partition coefficient (Wildman–Crippen LogP) is 3.08. The van der Waals surface area contributed by atoms with Gasteiger partial charge in [-0.2, -0.15) is 0 Å². The summed E-state index contributed by atoms with van der Waals surface area (Å²) in [5, 5.41) is 3.56. The van der Waals surface area contributed by atoms with Gasteiger partial charge in [-0.3, -0.25) is 4.90 Å². The number of hydrogen-bond acceptors (Lipinski definition) is 3. The van der Waals surface area contributed by atoms with Crippen LogP contribution in [-0.2, 0) is 6.54 Å². The van der Waals surface area contributed by atoms with Gasteiger partial charge in [0.2, 0.25) is 0 Å². The molecule has 0 spiro atoms. The van der Waals surface area contributed by atoms with Crippen LogP contribution in [0.5, 0.6) is 0 Å². The van der Waals surface area contributed by atoms with E-state index >= 15 is 0 Å². The Labute approximate surface area is 110 Å². The van der Waals surface area contributed by atoms with Crippen LogP contribution in [0, 0.1) is 0 Å². The summed E-state index contributed by atoms with van der Waals surface area (Å²) in [6.07, 6.45) is 1.23. The van der Waals surface area contributed by atoms with Crippen molar-refractivity contribution in [1.29, 1.82) is 0 Å². The normalized spacial score (nSPS) is 27.2. The predicted molar refractivity (Wildman–Crippen MR) is 74.0 cm³/mol. The number of hydrogen-bond donors (Lipinski definition) is 1. The van der Waals surface area contributed by atoms with Gasteiger partial charge < -0.3 is 5.32 Å². The zero-order chi connectivity index (χ0) is 11.5. The Morgan fingerprint density at radius 3 is 3.00 bits per heavy atom. The summed E-state index contributed by atoms with van der Waals surface area (Å²) in [6, 6.07) is 5.68. The molecule has 1 aromatic heterocycles. The zero-order valence-corrected chi connectivity index (χ0v) is 12.3. The molecule has 2 heterocycles. The van der Waals surface area contributed by atoms with Crippen molar-refractivity contribution < 1.29 is 0 Å². The van der Waals surface area contributed by atoms with Gasteiger partial charge in [0, 0.05) is 36.6 Å². The van der Waals surface area contributed by atoms with Gasteiger partial charge in [0.05, 0.1) is 3.79 Å². The Hall–Kier alpha value is 0.1000. The summed E-state index contributed by atoms with van der Waals surface area (Å²) in [7, 11) is 0. The van der Waals surface area contributed by atoms with Crippen LogP contribution in [0.1, 0.15) is 25.1 Å². The van der Waals surface area contributed by atoms with E-state index in [4.69, 9.17) is 0 Å². The average Bonchev–Trinajstić information content (AvgIpc) is 2.64. The highest BCUT2D eigenvalue weighted by Crippen LogP contribution is 2.24. The molecule has 1 saturated heterocycles. The van der Waals surface area contributed by atoms with E-state index in [0.29, 0.717) is 12.1 Å². The highest BCUT2D eigenvalue weighted by atomic mass is 79.9. The first-order valence-corrected chi connectivity index (χ1v) is 7.51. The van der Waals surface area contributed by atoms with Crippen molar-refractivity contribution in [1.82, 2.24) is 10.2 Å². The Kier molecular flexibility index (Phi) is 4.41. The van der Waals surface area contributed by atoms with Gasteiger partial charge in [0.25, 0.3) is 0 Å². The van der Waals surface area contributed by atoms with E-state index in [1.807, 2.05) is 11.3 Å². The lowest BCUT2D eigenvalue weighted by Crippen LogP contribution is -2.54. The molecular formula is C12H19BrN2S. The quantitative estimate of drug-likeness (QED) is 0.923. The van der Waals surface area contributed by atoms with E-state index in [9.17, 15) is 0 Å². The molecule has 0 aliphatic carbocycles. The van der Waals surface area contributed by atoms with Crippen molar-refractivity contribution in [2.24, 2.45) is 0 Å². The van der Waals surface area contributed by atoms with Crippen LogP contribution in [0.25, 0.3) is 0 Å². The van der Waals surface area contributed by atoms with Gasteiger partial charge in [-0.1, -0.05) is 6.92 Å². The molecule has 0 amide bonds. The maximum absolute atomic E-state index is 3.56. The molecule has 2 unspecified atom stereocenters. The summed E-state index contributed by atoms with van der Waals surface area (Å²) in [6.45, 7) is 7.93. The molecular weight excluding hydrogens is 284 g/mol. The molecule has 1 aliphatic heterocycles. The monoisotopic (exact) mass is 302 g/mol. The molecule has 16 heavy (non-hydrogen) atoms. The van der Waals surface area contributed by atoms with E-state index in [-0.39, 0.29) is 0 Å². The van der Waals surface area contributed by atoms with Crippen LogP contribution in [-0.4, -0.2) is 30.1 Å². The number of nitrogens with one attached hydrogen (secondary N) is 1. The number of rotatable bonds is 3. The second-order valence-electron chi connectivity index (χ2n) is 4.51. The van der Waals surface area contributed by atoms with Crippen molar-refractivity contribution in [3.63, 3.8) is 0 Å². The van der Waals surface area contributed by atoms with Crippen LogP contribution in [0.3, 0.4) is 0 Å². The fourth-order valence-electron chi connectivity index (χ4n) is 2.26. The van der Waals surface area contributed by atoms with Crippen molar-refractivity contribution in [2.45, 2.75) is 38.9 Å². The van der Waals surface area contributed by atoms with E-state index in [1.54, 1.807) is 0 Å². The summed E-state index contributed by atoms with van der Waals surface area (Å²) in [4.78, 5) is 4.07. The van der Waals surface area contributed by atoms with Crippen LogP contribution < -0.4 is 5.32 Å². The SMILES string of the molecule is CCC1CNC(C)CN1Cc1ccc(Br)s1. The first kappa shape index (κ1) is 12.6. The van der Waals surface area contributed by atoms with Crippen LogP contribution >= 0.6 is 27.3 Å². The van der Waals surface area contributed by atoms with Gasteiger partial charge in [-0.15, -0.1) is 11.3 Å². The number of piperazine rings is 1. The summed E-state index contributed by atoms with van der Waals surface area (Å²) in [5.41, 5.74) is 0. The first-order valence-electron chi connectivity index (χ1n) is 5.90. The molecule has 1 N–H and O–H groups in total. The zero-order valence-electron chi connectivity index (χ0n) is 9.87. The third-order valence-electron chi connectivity index (χ3n) is 3.19.